The molecule has 0 aromatic heterocycles. The third kappa shape index (κ3) is 3.72. The number of hydrogen-bond donors (Lipinski definition) is 2. The van der Waals surface area contributed by atoms with Crippen LogP contribution in [0.4, 0.5) is 5.69 Å². The Morgan fingerprint density at radius 1 is 1.26 bits per heavy atom. The summed E-state index contributed by atoms with van der Waals surface area (Å²) in [5.74, 6) is 0.301. The van der Waals surface area contributed by atoms with E-state index in [1.807, 2.05) is 23.1 Å². The summed E-state index contributed by atoms with van der Waals surface area (Å²) in [6, 6.07) is 8.23. The highest BCUT2D eigenvalue weighted by molar-refractivity contribution is 5.95. The molecule has 2 atom stereocenters. The molecule has 2 amide bonds. The van der Waals surface area contributed by atoms with Crippen molar-refractivity contribution < 1.29 is 9.59 Å². The van der Waals surface area contributed by atoms with Gasteiger partial charge in [-0.1, -0.05) is 18.2 Å². The number of nitrogens with one attached hydrogen (secondary N) is 1. The zero-order valence-corrected chi connectivity index (χ0v) is 13.5. The number of hydrogen-bond acceptors (Lipinski definition) is 3. The van der Waals surface area contributed by atoms with Crippen molar-refractivity contribution in [2.75, 3.05) is 18.0 Å². The molecule has 5 nitrogen and oxygen atoms in total. The van der Waals surface area contributed by atoms with Crippen LogP contribution in [0, 0.1) is 5.92 Å². The summed E-state index contributed by atoms with van der Waals surface area (Å²) in [5, 5.41) is 2.95. The average Bonchev–Trinajstić information content (AvgIpc) is 3.17. The number of benzene rings is 1. The van der Waals surface area contributed by atoms with E-state index in [0.717, 1.165) is 37.9 Å². The van der Waals surface area contributed by atoms with Crippen LogP contribution < -0.4 is 16.0 Å². The van der Waals surface area contributed by atoms with Crippen LogP contribution in [-0.4, -0.2) is 30.9 Å². The van der Waals surface area contributed by atoms with Gasteiger partial charge in [-0.3, -0.25) is 9.59 Å². The minimum Gasteiger partial charge on any atom is -0.356 e. The molecule has 1 aliphatic carbocycles. The lowest BCUT2D eigenvalue weighted by atomic mass is 10.1. The smallest absolute Gasteiger partial charge is 0.227 e. The van der Waals surface area contributed by atoms with Gasteiger partial charge in [-0.05, 0) is 43.7 Å². The fourth-order valence-electron chi connectivity index (χ4n) is 3.58. The van der Waals surface area contributed by atoms with Crippen molar-refractivity contribution in [2.45, 2.75) is 44.6 Å². The Labute approximate surface area is 137 Å². The molecule has 1 saturated carbocycles. The van der Waals surface area contributed by atoms with E-state index >= 15 is 0 Å². The van der Waals surface area contributed by atoms with Crippen LogP contribution >= 0.6 is 0 Å². The molecule has 0 bridgehead atoms. The molecule has 2 aliphatic rings. The average molecular weight is 315 g/mol. The van der Waals surface area contributed by atoms with Crippen molar-refractivity contribution in [3.05, 3.63) is 29.8 Å². The Kier molecular flexibility index (Phi) is 4.96. The van der Waals surface area contributed by atoms with Gasteiger partial charge in [-0.25, -0.2) is 0 Å². The summed E-state index contributed by atoms with van der Waals surface area (Å²) in [7, 11) is 0. The predicted octanol–water partition coefficient (Wildman–Crippen LogP) is 1.60. The molecule has 1 fully saturated rings. The molecular formula is C18H25N3O2. The van der Waals surface area contributed by atoms with E-state index in [2.05, 4.69) is 11.4 Å². The SMILES string of the molecule is NC1CCC(C(=O)NCCCC(=O)N2CCc3ccccc32)C1. The van der Waals surface area contributed by atoms with Crippen molar-refractivity contribution in [3.8, 4) is 0 Å². The van der Waals surface area contributed by atoms with Crippen LogP contribution in [-0.2, 0) is 16.0 Å². The third-order valence-electron chi connectivity index (χ3n) is 4.90. The van der Waals surface area contributed by atoms with Crippen LogP contribution in [0.1, 0.15) is 37.7 Å². The summed E-state index contributed by atoms with van der Waals surface area (Å²) < 4.78 is 0. The maximum atomic E-state index is 12.3. The molecule has 23 heavy (non-hydrogen) atoms. The molecule has 1 aliphatic heterocycles. The van der Waals surface area contributed by atoms with Crippen LogP contribution in [0.25, 0.3) is 0 Å². The van der Waals surface area contributed by atoms with Gasteiger partial charge in [0, 0.05) is 37.2 Å². The number of nitrogens with zero attached hydrogens (tertiary/aromatic N) is 1. The monoisotopic (exact) mass is 315 g/mol. The van der Waals surface area contributed by atoms with Gasteiger partial charge in [-0.15, -0.1) is 0 Å². The van der Waals surface area contributed by atoms with Gasteiger partial charge in [0.1, 0.15) is 0 Å². The fourth-order valence-corrected chi connectivity index (χ4v) is 3.58. The lowest BCUT2D eigenvalue weighted by molar-refractivity contribution is -0.125. The highest BCUT2D eigenvalue weighted by Crippen LogP contribution is 2.28. The summed E-state index contributed by atoms with van der Waals surface area (Å²) in [4.78, 5) is 26.2. The van der Waals surface area contributed by atoms with Crippen molar-refractivity contribution in [2.24, 2.45) is 11.7 Å². The van der Waals surface area contributed by atoms with E-state index in [9.17, 15) is 9.59 Å². The molecule has 3 N–H and O–H groups in total. The number of anilines is 1. The van der Waals surface area contributed by atoms with Crippen molar-refractivity contribution >= 4 is 17.5 Å². The van der Waals surface area contributed by atoms with E-state index < -0.39 is 0 Å². The van der Waals surface area contributed by atoms with E-state index in [-0.39, 0.29) is 23.8 Å². The Balaban J connectivity index is 1.40. The second-order valence-corrected chi connectivity index (χ2v) is 6.59. The summed E-state index contributed by atoms with van der Waals surface area (Å²) in [6.45, 7) is 1.33. The number of nitrogens with two attached hydrogens (primary N) is 1. The quantitative estimate of drug-likeness (QED) is 0.810. The van der Waals surface area contributed by atoms with Crippen molar-refractivity contribution in [1.82, 2.24) is 5.32 Å². The van der Waals surface area contributed by atoms with Gasteiger partial charge < -0.3 is 16.0 Å². The van der Waals surface area contributed by atoms with Gasteiger partial charge in [0.15, 0.2) is 0 Å². The van der Waals surface area contributed by atoms with Crippen LogP contribution in [0.3, 0.4) is 0 Å². The van der Waals surface area contributed by atoms with E-state index in [4.69, 9.17) is 5.73 Å². The standard InChI is InChI=1S/C18H25N3O2/c19-15-8-7-14(12-15)18(23)20-10-3-6-17(22)21-11-9-13-4-1-2-5-16(13)21/h1-2,4-5,14-15H,3,6-12,19H2,(H,20,23). The summed E-state index contributed by atoms with van der Waals surface area (Å²) >= 11 is 0. The maximum Gasteiger partial charge on any atom is 0.227 e. The number of amides is 2. The Hall–Kier alpha value is -1.88. The molecule has 0 radical (unpaired) electrons. The zero-order chi connectivity index (χ0) is 16.2. The lowest BCUT2D eigenvalue weighted by Crippen LogP contribution is -2.33. The molecule has 124 valence electrons. The third-order valence-corrected chi connectivity index (χ3v) is 4.90. The first-order valence-corrected chi connectivity index (χ1v) is 8.56. The van der Waals surface area contributed by atoms with Crippen LogP contribution in [0.2, 0.25) is 0 Å². The highest BCUT2D eigenvalue weighted by atomic mass is 16.2. The second-order valence-electron chi connectivity index (χ2n) is 6.59. The van der Waals surface area contributed by atoms with Gasteiger partial charge in [0.05, 0.1) is 0 Å². The minimum atomic E-state index is 0.0613. The second kappa shape index (κ2) is 7.13. The number of para-hydroxylation sites is 1. The Bertz CT molecular complexity index is 587. The molecule has 0 spiro atoms. The molecule has 3 rings (SSSR count). The molecule has 1 aromatic rings. The topological polar surface area (TPSA) is 75.4 Å². The van der Waals surface area contributed by atoms with E-state index in [1.165, 1.54) is 5.56 Å². The number of carbonyl (C=O) groups excluding carboxylic acids is 2. The van der Waals surface area contributed by atoms with E-state index in [0.29, 0.717) is 19.4 Å². The van der Waals surface area contributed by atoms with Gasteiger partial charge in [-0.2, -0.15) is 0 Å². The first-order chi connectivity index (χ1) is 11.1. The lowest BCUT2D eigenvalue weighted by Gasteiger charge is -2.17. The molecule has 1 aromatic carbocycles. The Morgan fingerprint density at radius 3 is 2.87 bits per heavy atom. The predicted molar refractivity (Wildman–Crippen MR) is 90.1 cm³/mol. The largest absolute Gasteiger partial charge is 0.356 e. The summed E-state index contributed by atoms with van der Waals surface area (Å²) in [5.41, 5.74) is 8.12. The highest BCUT2D eigenvalue weighted by Gasteiger charge is 2.27. The van der Waals surface area contributed by atoms with E-state index in [1.54, 1.807) is 0 Å². The first-order valence-electron chi connectivity index (χ1n) is 8.56. The number of rotatable bonds is 5. The zero-order valence-electron chi connectivity index (χ0n) is 13.5. The van der Waals surface area contributed by atoms with Gasteiger partial charge in [0.25, 0.3) is 0 Å². The van der Waals surface area contributed by atoms with Crippen LogP contribution in [0.5, 0.6) is 0 Å². The molecule has 5 heteroatoms. The number of fused-ring (bicyclic) bond motifs is 1. The minimum absolute atomic E-state index is 0.0613. The van der Waals surface area contributed by atoms with Crippen molar-refractivity contribution in [1.29, 1.82) is 0 Å². The molecule has 1 heterocycles. The summed E-state index contributed by atoms with van der Waals surface area (Å²) in [6.07, 6.45) is 4.69. The fraction of sp³-hybridized carbons (Fsp3) is 0.556. The maximum absolute atomic E-state index is 12.3. The van der Waals surface area contributed by atoms with Crippen molar-refractivity contribution in [3.63, 3.8) is 0 Å². The molecule has 2 unspecified atom stereocenters. The van der Waals surface area contributed by atoms with Gasteiger partial charge in [0.2, 0.25) is 11.8 Å². The Morgan fingerprint density at radius 2 is 2.09 bits per heavy atom. The normalized spacial score (nSPS) is 22.9. The molecule has 0 saturated heterocycles. The number of carbonyl (C=O) groups is 2. The molecular weight excluding hydrogens is 290 g/mol. The first kappa shape index (κ1) is 16.0. The van der Waals surface area contributed by atoms with Crippen LogP contribution in [0.15, 0.2) is 24.3 Å². The van der Waals surface area contributed by atoms with Gasteiger partial charge >= 0.3 is 0 Å².